The average molecular weight is 362 g/mol. The smallest absolute Gasteiger partial charge is 0.245 e. The predicted octanol–water partition coefficient (Wildman–Crippen LogP) is 2.80. The minimum Gasteiger partial charge on any atom is -0.494 e. The molecule has 0 saturated carbocycles. The lowest BCUT2D eigenvalue weighted by Crippen LogP contribution is -2.37. The molecule has 2 aromatic rings. The Balaban J connectivity index is 2.23. The first kappa shape index (κ1) is 18.8. The minimum absolute atomic E-state index is 0.317. The van der Waals surface area contributed by atoms with Gasteiger partial charge in [-0.2, -0.15) is 0 Å². The summed E-state index contributed by atoms with van der Waals surface area (Å²) in [5.41, 5.74) is 1.94. The van der Waals surface area contributed by atoms with E-state index in [2.05, 4.69) is 5.32 Å². The monoisotopic (exact) mass is 362 g/mol. The molecular formula is C18H22N2O4S. The lowest BCUT2D eigenvalue weighted by molar-refractivity contribution is -0.114. The van der Waals surface area contributed by atoms with Gasteiger partial charge in [0.2, 0.25) is 15.9 Å². The molecule has 0 spiro atoms. The Hall–Kier alpha value is -2.54. The van der Waals surface area contributed by atoms with E-state index >= 15 is 0 Å². The summed E-state index contributed by atoms with van der Waals surface area (Å²) in [6.07, 6.45) is 1.07. The van der Waals surface area contributed by atoms with Crippen LogP contribution in [-0.2, 0) is 14.8 Å². The topological polar surface area (TPSA) is 75.7 Å². The molecule has 0 aromatic heterocycles. The van der Waals surface area contributed by atoms with Crippen molar-refractivity contribution >= 4 is 27.3 Å². The van der Waals surface area contributed by atoms with Crippen LogP contribution in [0.3, 0.4) is 0 Å². The summed E-state index contributed by atoms with van der Waals surface area (Å²) in [4.78, 5) is 12.4. The average Bonchev–Trinajstić information content (AvgIpc) is 2.54. The molecule has 0 atom stereocenters. The van der Waals surface area contributed by atoms with Crippen LogP contribution in [0.1, 0.15) is 12.5 Å². The van der Waals surface area contributed by atoms with Crippen molar-refractivity contribution in [1.82, 2.24) is 0 Å². The van der Waals surface area contributed by atoms with Gasteiger partial charge in [0.15, 0.2) is 0 Å². The maximum atomic E-state index is 12.4. The normalized spacial score (nSPS) is 11.0. The Kier molecular flexibility index (Phi) is 6.03. The lowest BCUT2D eigenvalue weighted by atomic mass is 10.2. The van der Waals surface area contributed by atoms with E-state index in [0.29, 0.717) is 23.7 Å². The summed E-state index contributed by atoms with van der Waals surface area (Å²) < 4.78 is 30.8. The number of benzene rings is 2. The SMILES string of the molecule is CCOc1cccc(N(CC(=O)Nc2ccccc2C)S(C)(=O)=O)c1. The van der Waals surface area contributed by atoms with Crippen molar-refractivity contribution in [1.29, 1.82) is 0 Å². The molecule has 7 heteroatoms. The number of hydrogen-bond donors (Lipinski definition) is 1. The van der Waals surface area contributed by atoms with E-state index in [4.69, 9.17) is 4.74 Å². The molecule has 0 radical (unpaired) electrons. The Morgan fingerprint density at radius 1 is 1.16 bits per heavy atom. The second kappa shape index (κ2) is 8.02. The fourth-order valence-electron chi connectivity index (χ4n) is 2.33. The molecule has 2 rings (SSSR count). The zero-order valence-electron chi connectivity index (χ0n) is 14.5. The Morgan fingerprint density at radius 2 is 1.88 bits per heavy atom. The summed E-state index contributed by atoms with van der Waals surface area (Å²) >= 11 is 0. The van der Waals surface area contributed by atoms with Gasteiger partial charge in [-0.15, -0.1) is 0 Å². The van der Waals surface area contributed by atoms with Crippen LogP contribution >= 0.6 is 0 Å². The van der Waals surface area contributed by atoms with Crippen LogP contribution in [0.25, 0.3) is 0 Å². The van der Waals surface area contributed by atoms with Gasteiger partial charge in [-0.1, -0.05) is 24.3 Å². The van der Waals surface area contributed by atoms with Gasteiger partial charge in [-0.05, 0) is 37.6 Å². The summed E-state index contributed by atoms with van der Waals surface area (Å²) in [5.74, 6) is 0.134. The first-order valence-electron chi connectivity index (χ1n) is 7.87. The lowest BCUT2D eigenvalue weighted by Gasteiger charge is -2.22. The standard InChI is InChI=1S/C18H22N2O4S/c1-4-24-16-10-7-9-15(12-16)20(25(3,22)23)13-18(21)19-17-11-6-5-8-14(17)2/h5-12H,4,13H2,1-3H3,(H,19,21). The van der Waals surface area contributed by atoms with E-state index in [1.54, 1.807) is 30.3 Å². The summed E-state index contributed by atoms with van der Waals surface area (Å²) in [7, 11) is -3.63. The fraction of sp³-hybridized carbons (Fsp3) is 0.278. The molecule has 0 saturated heterocycles. The quantitative estimate of drug-likeness (QED) is 0.822. The number of ether oxygens (including phenoxy) is 1. The molecule has 0 heterocycles. The van der Waals surface area contributed by atoms with Gasteiger partial charge >= 0.3 is 0 Å². The number of para-hydroxylation sites is 1. The van der Waals surface area contributed by atoms with E-state index < -0.39 is 15.9 Å². The number of carbonyl (C=O) groups is 1. The van der Waals surface area contributed by atoms with Crippen molar-refractivity contribution in [3.63, 3.8) is 0 Å². The third kappa shape index (κ3) is 5.22. The highest BCUT2D eigenvalue weighted by molar-refractivity contribution is 7.92. The highest BCUT2D eigenvalue weighted by Crippen LogP contribution is 2.23. The van der Waals surface area contributed by atoms with Gasteiger partial charge in [0.25, 0.3) is 0 Å². The predicted molar refractivity (Wildman–Crippen MR) is 99.6 cm³/mol. The van der Waals surface area contributed by atoms with Crippen LogP contribution in [0.2, 0.25) is 0 Å². The number of carbonyl (C=O) groups excluding carboxylic acids is 1. The molecule has 2 aromatic carbocycles. The van der Waals surface area contributed by atoms with Crippen molar-refractivity contribution < 1.29 is 17.9 Å². The Labute approximate surface area is 148 Å². The number of amides is 1. The van der Waals surface area contributed by atoms with Crippen LogP contribution in [0.5, 0.6) is 5.75 Å². The second-order valence-corrected chi connectivity index (χ2v) is 7.47. The molecular weight excluding hydrogens is 340 g/mol. The van der Waals surface area contributed by atoms with E-state index in [1.807, 2.05) is 32.0 Å². The van der Waals surface area contributed by atoms with Gasteiger partial charge in [-0.3, -0.25) is 9.10 Å². The first-order chi connectivity index (χ1) is 11.8. The van der Waals surface area contributed by atoms with Gasteiger partial charge in [0.05, 0.1) is 18.6 Å². The highest BCUT2D eigenvalue weighted by atomic mass is 32.2. The maximum absolute atomic E-state index is 12.4. The molecule has 0 bridgehead atoms. The van der Waals surface area contributed by atoms with Crippen LogP contribution in [0.15, 0.2) is 48.5 Å². The summed E-state index contributed by atoms with van der Waals surface area (Å²) in [6, 6.07) is 14.0. The maximum Gasteiger partial charge on any atom is 0.245 e. The van der Waals surface area contributed by atoms with E-state index in [1.165, 1.54) is 0 Å². The zero-order valence-corrected chi connectivity index (χ0v) is 15.3. The molecule has 0 unspecified atom stereocenters. The van der Waals surface area contributed by atoms with Crippen LogP contribution in [-0.4, -0.2) is 33.7 Å². The number of nitrogens with zero attached hydrogens (tertiary/aromatic N) is 1. The van der Waals surface area contributed by atoms with Crippen molar-refractivity contribution in [3.05, 3.63) is 54.1 Å². The minimum atomic E-state index is -3.63. The second-order valence-electron chi connectivity index (χ2n) is 5.56. The number of rotatable bonds is 7. The molecule has 0 aliphatic heterocycles. The third-order valence-corrected chi connectivity index (χ3v) is 4.66. The van der Waals surface area contributed by atoms with Crippen molar-refractivity contribution in [3.8, 4) is 5.75 Å². The van der Waals surface area contributed by atoms with Gasteiger partial charge in [0, 0.05) is 11.8 Å². The molecule has 134 valence electrons. The number of hydrogen-bond acceptors (Lipinski definition) is 4. The molecule has 1 amide bonds. The molecule has 0 fully saturated rings. The number of aryl methyl sites for hydroxylation is 1. The van der Waals surface area contributed by atoms with Gasteiger partial charge < -0.3 is 10.1 Å². The van der Waals surface area contributed by atoms with Crippen molar-refractivity contribution in [2.75, 3.05) is 29.0 Å². The molecule has 6 nitrogen and oxygen atoms in total. The van der Waals surface area contributed by atoms with E-state index in [0.717, 1.165) is 16.1 Å². The summed E-state index contributed by atoms with van der Waals surface area (Å²) in [5, 5.41) is 2.75. The highest BCUT2D eigenvalue weighted by Gasteiger charge is 2.21. The first-order valence-corrected chi connectivity index (χ1v) is 9.72. The number of anilines is 2. The van der Waals surface area contributed by atoms with E-state index in [-0.39, 0.29) is 6.54 Å². The molecule has 0 aliphatic carbocycles. The molecule has 1 N–H and O–H groups in total. The van der Waals surface area contributed by atoms with Crippen LogP contribution in [0.4, 0.5) is 11.4 Å². The van der Waals surface area contributed by atoms with E-state index in [9.17, 15) is 13.2 Å². The van der Waals surface area contributed by atoms with Gasteiger partial charge in [0.1, 0.15) is 12.3 Å². The molecule has 25 heavy (non-hydrogen) atoms. The Morgan fingerprint density at radius 3 is 2.52 bits per heavy atom. The third-order valence-electron chi connectivity index (χ3n) is 3.52. The molecule has 0 aliphatic rings. The zero-order chi connectivity index (χ0) is 18.4. The van der Waals surface area contributed by atoms with Crippen molar-refractivity contribution in [2.24, 2.45) is 0 Å². The van der Waals surface area contributed by atoms with Crippen LogP contribution < -0.4 is 14.4 Å². The fourth-order valence-corrected chi connectivity index (χ4v) is 3.18. The van der Waals surface area contributed by atoms with Crippen LogP contribution in [0, 0.1) is 6.92 Å². The Bertz CT molecular complexity index is 850. The number of nitrogens with one attached hydrogen (secondary N) is 1. The van der Waals surface area contributed by atoms with Crippen molar-refractivity contribution in [2.45, 2.75) is 13.8 Å². The number of sulfonamides is 1. The summed E-state index contributed by atoms with van der Waals surface area (Å²) in [6.45, 7) is 3.87. The van der Waals surface area contributed by atoms with Gasteiger partial charge in [-0.25, -0.2) is 8.42 Å². The largest absolute Gasteiger partial charge is 0.494 e.